The van der Waals surface area contributed by atoms with E-state index < -0.39 is 0 Å². The fourth-order valence-corrected chi connectivity index (χ4v) is 1.60. The SMILES string of the molecule is Cc1cc(Oc2nc(N)nc(-n3cncn3)n2)n(C)n1. The molecule has 0 saturated carbocycles. The molecule has 20 heavy (non-hydrogen) atoms. The van der Waals surface area contributed by atoms with Crippen molar-refractivity contribution in [3.63, 3.8) is 0 Å². The third kappa shape index (κ3) is 2.25. The average Bonchev–Trinajstić information content (AvgIpc) is 2.99. The van der Waals surface area contributed by atoms with Crippen LogP contribution >= 0.6 is 0 Å². The molecule has 0 unspecified atom stereocenters. The van der Waals surface area contributed by atoms with Gasteiger partial charge in [-0.25, -0.2) is 9.67 Å². The van der Waals surface area contributed by atoms with Crippen LogP contribution in [0.5, 0.6) is 11.9 Å². The van der Waals surface area contributed by atoms with Crippen molar-refractivity contribution in [3.8, 4) is 17.8 Å². The van der Waals surface area contributed by atoms with E-state index >= 15 is 0 Å². The molecule has 3 aromatic rings. The first-order chi connectivity index (χ1) is 9.61. The van der Waals surface area contributed by atoms with Gasteiger partial charge in [-0.3, -0.25) is 0 Å². The van der Waals surface area contributed by atoms with Gasteiger partial charge >= 0.3 is 6.01 Å². The number of aryl methyl sites for hydroxylation is 2. The lowest BCUT2D eigenvalue weighted by Crippen LogP contribution is -2.08. The molecule has 0 aliphatic carbocycles. The Kier molecular flexibility index (Phi) is 2.75. The van der Waals surface area contributed by atoms with Gasteiger partial charge in [-0.1, -0.05) is 0 Å². The van der Waals surface area contributed by atoms with Crippen LogP contribution in [-0.2, 0) is 7.05 Å². The molecule has 3 rings (SSSR count). The number of hydrogen-bond donors (Lipinski definition) is 1. The first-order valence-corrected chi connectivity index (χ1v) is 5.67. The van der Waals surface area contributed by atoms with E-state index in [9.17, 15) is 0 Å². The maximum absolute atomic E-state index is 5.64. The Morgan fingerprint density at radius 1 is 1.25 bits per heavy atom. The molecule has 0 fully saturated rings. The molecule has 3 heterocycles. The zero-order chi connectivity index (χ0) is 14.1. The molecule has 0 saturated heterocycles. The van der Waals surface area contributed by atoms with Crippen molar-refractivity contribution in [2.45, 2.75) is 6.92 Å². The molecule has 0 aliphatic rings. The van der Waals surface area contributed by atoms with Crippen LogP contribution in [0.4, 0.5) is 5.95 Å². The lowest BCUT2D eigenvalue weighted by Gasteiger charge is -2.05. The Bertz CT molecular complexity index is 733. The van der Waals surface area contributed by atoms with Gasteiger partial charge in [0.15, 0.2) is 0 Å². The van der Waals surface area contributed by atoms with E-state index in [0.717, 1.165) is 5.69 Å². The first kappa shape index (κ1) is 12.0. The lowest BCUT2D eigenvalue weighted by molar-refractivity contribution is 0.397. The summed E-state index contributed by atoms with van der Waals surface area (Å²) in [7, 11) is 1.76. The number of aromatic nitrogens is 8. The number of hydrogen-bond acceptors (Lipinski definition) is 8. The fourth-order valence-electron chi connectivity index (χ4n) is 1.60. The molecule has 2 N–H and O–H groups in total. The quantitative estimate of drug-likeness (QED) is 0.700. The van der Waals surface area contributed by atoms with Crippen LogP contribution in [0, 0.1) is 6.92 Å². The Hall–Kier alpha value is -3.04. The van der Waals surface area contributed by atoms with Crippen molar-refractivity contribution < 1.29 is 4.74 Å². The monoisotopic (exact) mass is 273 g/mol. The Balaban J connectivity index is 1.96. The van der Waals surface area contributed by atoms with Crippen molar-refractivity contribution in [1.82, 2.24) is 39.5 Å². The van der Waals surface area contributed by atoms with Gasteiger partial charge in [0.2, 0.25) is 11.8 Å². The summed E-state index contributed by atoms with van der Waals surface area (Å²) in [4.78, 5) is 15.8. The molecule has 10 nitrogen and oxygen atoms in total. The smallest absolute Gasteiger partial charge is 0.330 e. The van der Waals surface area contributed by atoms with Crippen molar-refractivity contribution in [3.05, 3.63) is 24.4 Å². The molecule has 3 aromatic heterocycles. The highest BCUT2D eigenvalue weighted by molar-refractivity contribution is 5.26. The highest BCUT2D eigenvalue weighted by Gasteiger charge is 2.11. The zero-order valence-corrected chi connectivity index (χ0v) is 10.8. The van der Waals surface area contributed by atoms with Gasteiger partial charge < -0.3 is 10.5 Å². The topological polar surface area (TPSA) is 122 Å². The number of nitrogens with zero attached hydrogens (tertiary/aromatic N) is 8. The molecule has 10 heteroatoms. The number of nitrogen functional groups attached to an aromatic ring is 1. The second-order valence-electron chi connectivity index (χ2n) is 3.97. The zero-order valence-electron chi connectivity index (χ0n) is 10.8. The number of rotatable bonds is 3. The maximum Gasteiger partial charge on any atom is 0.330 e. The second-order valence-corrected chi connectivity index (χ2v) is 3.97. The summed E-state index contributed by atoms with van der Waals surface area (Å²) in [6, 6.07) is 1.82. The Morgan fingerprint density at radius 2 is 2.10 bits per heavy atom. The standard InChI is InChI=1S/C10H11N9O/c1-6-3-7(18(2)17-6)20-10-15-8(11)14-9(16-10)19-5-12-4-13-19/h3-5H,1-2H3,(H2,11,14,15,16). The molecule has 0 atom stereocenters. The fraction of sp³-hybridized carbons (Fsp3) is 0.200. The maximum atomic E-state index is 5.64. The first-order valence-electron chi connectivity index (χ1n) is 5.67. The molecule has 0 bridgehead atoms. The van der Waals surface area contributed by atoms with E-state index in [4.69, 9.17) is 10.5 Å². The van der Waals surface area contributed by atoms with Crippen LogP contribution in [0.15, 0.2) is 18.7 Å². The van der Waals surface area contributed by atoms with Crippen molar-refractivity contribution >= 4 is 5.95 Å². The van der Waals surface area contributed by atoms with Crippen LogP contribution < -0.4 is 10.5 Å². The van der Waals surface area contributed by atoms with Gasteiger partial charge in [0.05, 0.1) is 5.69 Å². The van der Waals surface area contributed by atoms with Gasteiger partial charge in [0.25, 0.3) is 5.95 Å². The van der Waals surface area contributed by atoms with Crippen LogP contribution in [0.3, 0.4) is 0 Å². The van der Waals surface area contributed by atoms with Crippen LogP contribution in [0.2, 0.25) is 0 Å². The number of ether oxygens (including phenoxy) is 1. The molecule has 102 valence electrons. The summed E-state index contributed by atoms with van der Waals surface area (Å²) in [5, 5.41) is 8.09. The molecule has 0 radical (unpaired) electrons. The van der Waals surface area contributed by atoms with Gasteiger partial charge in [-0.2, -0.15) is 29.8 Å². The van der Waals surface area contributed by atoms with Gasteiger partial charge in [0, 0.05) is 13.1 Å². The number of nitrogens with two attached hydrogens (primary N) is 1. The molecular weight excluding hydrogens is 262 g/mol. The largest absolute Gasteiger partial charge is 0.405 e. The second kappa shape index (κ2) is 4.57. The molecule has 0 spiro atoms. The summed E-state index contributed by atoms with van der Waals surface area (Å²) in [5.41, 5.74) is 6.46. The lowest BCUT2D eigenvalue weighted by atomic mass is 10.5. The summed E-state index contributed by atoms with van der Waals surface area (Å²) >= 11 is 0. The predicted octanol–water partition coefficient (Wildman–Crippen LogP) is -0.131. The Morgan fingerprint density at radius 3 is 2.75 bits per heavy atom. The predicted molar refractivity (Wildman–Crippen MR) is 67.2 cm³/mol. The summed E-state index contributed by atoms with van der Waals surface area (Å²) < 4.78 is 8.48. The van der Waals surface area contributed by atoms with E-state index in [2.05, 4.69) is 30.1 Å². The van der Waals surface area contributed by atoms with E-state index in [1.807, 2.05) is 6.92 Å². The minimum Gasteiger partial charge on any atom is -0.405 e. The highest BCUT2D eigenvalue weighted by atomic mass is 16.5. The van der Waals surface area contributed by atoms with Gasteiger partial charge in [-0.15, -0.1) is 0 Å². The third-order valence-electron chi connectivity index (χ3n) is 2.40. The van der Waals surface area contributed by atoms with Crippen LogP contribution in [0.1, 0.15) is 5.69 Å². The minimum atomic E-state index is 0.0272. The summed E-state index contributed by atoms with van der Waals surface area (Å²) in [5.74, 6) is 0.751. The van der Waals surface area contributed by atoms with E-state index in [-0.39, 0.29) is 17.9 Å². The van der Waals surface area contributed by atoms with Crippen molar-refractivity contribution in [2.75, 3.05) is 5.73 Å². The van der Waals surface area contributed by atoms with E-state index in [0.29, 0.717) is 5.88 Å². The van der Waals surface area contributed by atoms with E-state index in [1.54, 1.807) is 17.8 Å². The number of anilines is 1. The average molecular weight is 273 g/mol. The molecule has 0 aliphatic heterocycles. The minimum absolute atomic E-state index is 0.0272. The normalized spacial score (nSPS) is 10.7. The summed E-state index contributed by atoms with van der Waals surface area (Å²) in [6.45, 7) is 1.86. The highest BCUT2D eigenvalue weighted by Crippen LogP contribution is 2.19. The third-order valence-corrected chi connectivity index (χ3v) is 2.40. The summed E-state index contributed by atoms with van der Waals surface area (Å²) in [6.07, 6.45) is 2.82. The van der Waals surface area contributed by atoms with Crippen molar-refractivity contribution in [1.29, 1.82) is 0 Å². The van der Waals surface area contributed by atoms with Gasteiger partial charge in [-0.05, 0) is 6.92 Å². The van der Waals surface area contributed by atoms with Crippen molar-refractivity contribution in [2.24, 2.45) is 7.05 Å². The van der Waals surface area contributed by atoms with Crippen LogP contribution in [0.25, 0.3) is 5.95 Å². The van der Waals surface area contributed by atoms with Crippen LogP contribution in [-0.4, -0.2) is 39.5 Å². The molecule has 0 aromatic carbocycles. The molecular formula is C10H11N9O. The van der Waals surface area contributed by atoms with E-state index in [1.165, 1.54) is 17.3 Å². The Labute approximate surface area is 113 Å². The molecule has 0 amide bonds. The van der Waals surface area contributed by atoms with Gasteiger partial charge in [0.1, 0.15) is 12.7 Å².